The monoisotopic (exact) mass is 196 g/mol. The van der Waals surface area contributed by atoms with Gasteiger partial charge >= 0.3 is 0 Å². The van der Waals surface area contributed by atoms with Crippen molar-refractivity contribution in [3.8, 4) is 0 Å². The predicted molar refractivity (Wildman–Crippen MR) is 51.9 cm³/mol. The Kier molecular flexibility index (Phi) is 2.84. The minimum absolute atomic E-state index is 0.0636. The van der Waals surface area contributed by atoms with E-state index in [1.54, 1.807) is 6.26 Å². The molecule has 1 fully saturated rings. The summed E-state index contributed by atoms with van der Waals surface area (Å²) in [5, 5.41) is 0. The molecular weight excluding hydrogens is 180 g/mol. The van der Waals surface area contributed by atoms with Crippen LogP contribution in [0.15, 0.2) is 10.7 Å². The number of hydrogen-bond acceptors (Lipinski definition) is 4. The first-order chi connectivity index (χ1) is 6.81. The third kappa shape index (κ3) is 1.81. The topological polar surface area (TPSA) is 61.3 Å². The van der Waals surface area contributed by atoms with E-state index in [0.717, 1.165) is 25.1 Å². The highest BCUT2D eigenvalue weighted by molar-refractivity contribution is 5.05. The van der Waals surface area contributed by atoms with Crippen molar-refractivity contribution in [1.82, 2.24) is 4.98 Å². The molecule has 4 heteroatoms. The molecule has 1 aromatic heterocycles. The lowest BCUT2D eigenvalue weighted by Gasteiger charge is -2.03. The highest BCUT2D eigenvalue weighted by atomic mass is 16.5. The van der Waals surface area contributed by atoms with Gasteiger partial charge in [0.05, 0.1) is 5.69 Å². The van der Waals surface area contributed by atoms with Crippen molar-refractivity contribution in [2.75, 3.05) is 13.2 Å². The van der Waals surface area contributed by atoms with Gasteiger partial charge in [-0.05, 0) is 12.8 Å². The van der Waals surface area contributed by atoms with Crippen molar-refractivity contribution in [3.05, 3.63) is 17.8 Å². The molecular formula is C10H16N2O2. The molecule has 1 aromatic rings. The quantitative estimate of drug-likeness (QED) is 0.797. The lowest BCUT2D eigenvalue weighted by molar-refractivity contribution is 0.0892. The van der Waals surface area contributed by atoms with Crippen molar-refractivity contribution >= 4 is 0 Å². The Labute approximate surface area is 83.4 Å². The molecule has 2 heterocycles. The third-order valence-electron chi connectivity index (χ3n) is 2.60. The van der Waals surface area contributed by atoms with Gasteiger partial charge in [-0.3, -0.25) is 0 Å². The van der Waals surface area contributed by atoms with E-state index in [4.69, 9.17) is 14.9 Å². The van der Waals surface area contributed by atoms with Gasteiger partial charge in [-0.2, -0.15) is 0 Å². The summed E-state index contributed by atoms with van der Waals surface area (Å²) >= 11 is 0. The molecule has 2 unspecified atom stereocenters. The number of rotatable bonds is 3. The Morgan fingerprint density at radius 3 is 3.21 bits per heavy atom. The fourth-order valence-electron chi connectivity index (χ4n) is 1.57. The highest BCUT2D eigenvalue weighted by Crippen LogP contribution is 2.28. The van der Waals surface area contributed by atoms with Crippen molar-refractivity contribution in [2.45, 2.75) is 31.8 Å². The van der Waals surface area contributed by atoms with Gasteiger partial charge < -0.3 is 14.9 Å². The SMILES string of the molecule is CC(CN)c1coc(C2CCCO2)n1. The molecule has 1 aliphatic heterocycles. The first-order valence-corrected chi connectivity index (χ1v) is 5.08. The molecule has 1 aliphatic rings. The predicted octanol–water partition coefficient (Wildman–Crippen LogP) is 1.59. The zero-order valence-corrected chi connectivity index (χ0v) is 8.40. The third-order valence-corrected chi connectivity index (χ3v) is 2.60. The Bertz CT molecular complexity index is 292. The molecule has 0 amide bonds. The Morgan fingerprint density at radius 1 is 1.71 bits per heavy atom. The van der Waals surface area contributed by atoms with Crippen LogP contribution in [-0.4, -0.2) is 18.1 Å². The van der Waals surface area contributed by atoms with Gasteiger partial charge in [0.2, 0.25) is 5.89 Å². The van der Waals surface area contributed by atoms with Gasteiger partial charge in [0.15, 0.2) is 0 Å². The Balaban J connectivity index is 2.08. The second kappa shape index (κ2) is 4.11. The fourth-order valence-corrected chi connectivity index (χ4v) is 1.57. The maximum atomic E-state index is 5.55. The van der Waals surface area contributed by atoms with Crippen LogP contribution in [0.5, 0.6) is 0 Å². The van der Waals surface area contributed by atoms with Crippen LogP contribution in [-0.2, 0) is 4.74 Å². The second-order valence-corrected chi connectivity index (χ2v) is 3.75. The molecule has 0 bridgehead atoms. The van der Waals surface area contributed by atoms with Crippen LogP contribution >= 0.6 is 0 Å². The van der Waals surface area contributed by atoms with Crippen LogP contribution in [0.1, 0.15) is 43.4 Å². The van der Waals surface area contributed by atoms with Gasteiger partial charge in [-0.25, -0.2) is 4.98 Å². The zero-order valence-electron chi connectivity index (χ0n) is 8.40. The number of oxazole rings is 1. The normalized spacial score (nSPS) is 24.0. The van der Waals surface area contributed by atoms with Gasteiger partial charge in [0.25, 0.3) is 0 Å². The van der Waals surface area contributed by atoms with Gasteiger partial charge in [-0.15, -0.1) is 0 Å². The first-order valence-electron chi connectivity index (χ1n) is 5.08. The maximum absolute atomic E-state index is 5.55. The molecule has 1 saturated heterocycles. The number of ether oxygens (including phenoxy) is 1. The Morgan fingerprint density at radius 2 is 2.57 bits per heavy atom. The minimum atomic E-state index is 0.0636. The number of hydrogen-bond donors (Lipinski definition) is 1. The molecule has 0 aromatic carbocycles. The van der Waals surface area contributed by atoms with E-state index < -0.39 is 0 Å². The molecule has 0 radical (unpaired) electrons. The summed E-state index contributed by atoms with van der Waals surface area (Å²) in [5.74, 6) is 0.965. The molecule has 2 N–H and O–H groups in total. The van der Waals surface area contributed by atoms with Crippen LogP contribution in [0.25, 0.3) is 0 Å². The molecule has 4 nitrogen and oxygen atoms in total. The molecule has 0 spiro atoms. The van der Waals surface area contributed by atoms with E-state index in [-0.39, 0.29) is 12.0 Å². The van der Waals surface area contributed by atoms with Gasteiger partial charge in [-0.1, -0.05) is 6.92 Å². The van der Waals surface area contributed by atoms with E-state index in [1.807, 2.05) is 6.92 Å². The largest absolute Gasteiger partial charge is 0.446 e. The van der Waals surface area contributed by atoms with E-state index in [1.165, 1.54) is 0 Å². The average Bonchev–Trinajstić information content (AvgIpc) is 2.86. The number of nitrogens with zero attached hydrogens (tertiary/aromatic N) is 1. The van der Waals surface area contributed by atoms with Crippen LogP contribution in [0.2, 0.25) is 0 Å². The number of aromatic nitrogens is 1. The lowest BCUT2D eigenvalue weighted by atomic mass is 10.1. The van der Waals surface area contributed by atoms with Crippen molar-refractivity contribution < 1.29 is 9.15 Å². The average molecular weight is 196 g/mol. The summed E-state index contributed by atoms with van der Waals surface area (Å²) in [6.07, 6.45) is 3.86. The molecule has 0 saturated carbocycles. The van der Waals surface area contributed by atoms with Crippen LogP contribution in [0.3, 0.4) is 0 Å². The Hall–Kier alpha value is -0.870. The van der Waals surface area contributed by atoms with E-state index in [0.29, 0.717) is 12.4 Å². The number of nitrogens with two attached hydrogens (primary N) is 1. The molecule has 0 aliphatic carbocycles. The highest BCUT2D eigenvalue weighted by Gasteiger charge is 2.23. The van der Waals surface area contributed by atoms with E-state index >= 15 is 0 Å². The van der Waals surface area contributed by atoms with Gasteiger partial charge in [0.1, 0.15) is 12.4 Å². The summed E-state index contributed by atoms with van der Waals surface area (Å²) < 4.78 is 10.9. The second-order valence-electron chi connectivity index (χ2n) is 3.75. The van der Waals surface area contributed by atoms with Crippen molar-refractivity contribution in [1.29, 1.82) is 0 Å². The standard InChI is InChI=1S/C10H16N2O2/c1-7(5-11)8-6-14-10(12-8)9-3-2-4-13-9/h6-7,9H,2-5,11H2,1H3. The summed E-state index contributed by atoms with van der Waals surface area (Å²) in [5.41, 5.74) is 6.48. The molecule has 2 atom stereocenters. The van der Waals surface area contributed by atoms with E-state index in [2.05, 4.69) is 4.98 Å². The summed E-state index contributed by atoms with van der Waals surface area (Å²) in [7, 11) is 0. The minimum Gasteiger partial charge on any atom is -0.446 e. The van der Waals surface area contributed by atoms with E-state index in [9.17, 15) is 0 Å². The summed E-state index contributed by atoms with van der Waals surface area (Å²) in [6, 6.07) is 0. The van der Waals surface area contributed by atoms with Crippen molar-refractivity contribution in [3.63, 3.8) is 0 Å². The molecule has 78 valence electrons. The maximum Gasteiger partial charge on any atom is 0.223 e. The van der Waals surface area contributed by atoms with Crippen LogP contribution < -0.4 is 5.73 Å². The first kappa shape index (κ1) is 9.68. The molecule has 2 rings (SSSR count). The zero-order chi connectivity index (χ0) is 9.97. The smallest absolute Gasteiger partial charge is 0.223 e. The van der Waals surface area contributed by atoms with Crippen molar-refractivity contribution in [2.24, 2.45) is 5.73 Å². The summed E-state index contributed by atoms with van der Waals surface area (Å²) in [6.45, 7) is 3.45. The van der Waals surface area contributed by atoms with Gasteiger partial charge in [0, 0.05) is 19.1 Å². The lowest BCUT2D eigenvalue weighted by Crippen LogP contribution is -2.09. The van der Waals surface area contributed by atoms with Crippen LogP contribution in [0.4, 0.5) is 0 Å². The fraction of sp³-hybridized carbons (Fsp3) is 0.700. The summed E-state index contributed by atoms with van der Waals surface area (Å²) in [4.78, 5) is 4.39. The molecule has 14 heavy (non-hydrogen) atoms. The van der Waals surface area contributed by atoms with Crippen LogP contribution in [0, 0.1) is 0 Å².